The first-order chi connectivity index (χ1) is 9.02. The summed E-state index contributed by atoms with van der Waals surface area (Å²) in [5, 5.41) is 4.14. The van der Waals surface area contributed by atoms with E-state index in [4.69, 9.17) is 4.98 Å². The molecule has 4 heteroatoms. The van der Waals surface area contributed by atoms with E-state index in [1.54, 1.807) is 24.3 Å². The lowest BCUT2D eigenvalue weighted by molar-refractivity contribution is 0.619. The van der Waals surface area contributed by atoms with Gasteiger partial charge < -0.3 is 5.32 Å². The van der Waals surface area contributed by atoms with Gasteiger partial charge in [0.25, 0.3) is 0 Å². The van der Waals surface area contributed by atoms with Crippen LogP contribution in [0, 0.1) is 12.7 Å². The van der Waals surface area contributed by atoms with Crippen LogP contribution in [0.2, 0.25) is 0 Å². The summed E-state index contributed by atoms with van der Waals surface area (Å²) in [6, 6.07) is 5.18. The maximum absolute atomic E-state index is 13.3. The minimum absolute atomic E-state index is 0.167. The second-order valence-corrected chi connectivity index (χ2v) is 6.06. The smallest absolute Gasteiger partial charge is 0.126 e. The van der Waals surface area contributed by atoms with Crippen LogP contribution >= 0.6 is 11.3 Å². The van der Waals surface area contributed by atoms with Crippen molar-refractivity contribution in [3.05, 3.63) is 40.2 Å². The monoisotopic (exact) mass is 278 g/mol. The largest absolute Gasteiger partial charge is 0.315 e. The molecule has 0 aliphatic carbocycles. The Morgan fingerprint density at radius 3 is 2.68 bits per heavy atom. The fraction of sp³-hybridized carbons (Fsp3) is 0.400. The zero-order valence-corrected chi connectivity index (χ0v) is 12.6. The van der Waals surface area contributed by atoms with Crippen LogP contribution in [0.5, 0.6) is 0 Å². The van der Waals surface area contributed by atoms with E-state index in [0.29, 0.717) is 11.5 Å². The van der Waals surface area contributed by atoms with Gasteiger partial charge in [0.15, 0.2) is 0 Å². The Labute approximate surface area is 117 Å². The Balaban J connectivity index is 2.44. The molecule has 1 N–H and O–H groups in total. The molecule has 0 saturated carbocycles. The molecule has 0 aliphatic heterocycles. The van der Waals surface area contributed by atoms with Crippen LogP contribution in [0.15, 0.2) is 18.2 Å². The highest BCUT2D eigenvalue weighted by Crippen LogP contribution is 2.32. The quantitative estimate of drug-likeness (QED) is 0.910. The van der Waals surface area contributed by atoms with Crippen LogP contribution in [0.25, 0.3) is 10.6 Å². The normalized spacial score (nSPS) is 11.3. The number of aryl methyl sites for hydroxylation is 1. The van der Waals surface area contributed by atoms with Crippen molar-refractivity contribution in [1.82, 2.24) is 10.3 Å². The lowest BCUT2D eigenvalue weighted by Gasteiger charge is -2.03. The van der Waals surface area contributed by atoms with Crippen LogP contribution < -0.4 is 5.32 Å². The fourth-order valence-corrected chi connectivity index (χ4v) is 3.23. The van der Waals surface area contributed by atoms with Crippen LogP contribution in [0.1, 0.15) is 35.9 Å². The molecule has 2 aromatic rings. The zero-order valence-electron chi connectivity index (χ0n) is 11.7. The van der Waals surface area contributed by atoms with Gasteiger partial charge in [0.05, 0.1) is 5.69 Å². The number of hydrogen-bond acceptors (Lipinski definition) is 3. The van der Waals surface area contributed by atoms with Crippen molar-refractivity contribution in [2.45, 2.75) is 33.2 Å². The van der Waals surface area contributed by atoms with Crippen molar-refractivity contribution >= 4 is 11.3 Å². The maximum atomic E-state index is 13.3. The Bertz CT molecular complexity index is 576. The summed E-state index contributed by atoms with van der Waals surface area (Å²) in [6.07, 6.45) is 0. The summed E-state index contributed by atoms with van der Waals surface area (Å²) in [5.41, 5.74) is 2.79. The van der Waals surface area contributed by atoms with Crippen molar-refractivity contribution in [2.75, 3.05) is 7.05 Å². The number of nitrogens with zero attached hydrogens (tertiary/aromatic N) is 1. The second kappa shape index (κ2) is 5.80. The van der Waals surface area contributed by atoms with Crippen molar-refractivity contribution in [1.29, 1.82) is 0 Å². The predicted molar refractivity (Wildman–Crippen MR) is 79.1 cm³/mol. The molecule has 102 valence electrons. The van der Waals surface area contributed by atoms with E-state index in [1.807, 2.05) is 13.1 Å². The Morgan fingerprint density at radius 2 is 2.11 bits per heavy atom. The van der Waals surface area contributed by atoms with Gasteiger partial charge in [-0.05, 0) is 43.7 Å². The minimum Gasteiger partial charge on any atom is -0.315 e. The molecular weight excluding hydrogens is 259 g/mol. The number of rotatable bonds is 4. The minimum atomic E-state index is -0.167. The van der Waals surface area contributed by atoms with E-state index in [9.17, 15) is 4.39 Å². The van der Waals surface area contributed by atoms with Gasteiger partial charge in [0, 0.05) is 17.0 Å². The molecule has 0 amide bonds. The summed E-state index contributed by atoms with van der Waals surface area (Å²) in [7, 11) is 1.94. The molecule has 0 aliphatic rings. The van der Waals surface area contributed by atoms with E-state index in [-0.39, 0.29) is 5.82 Å². The molecule has 1 heterocycles. The molecule has 0 radical (unpaired) electrons. The molecule has 2 rings (SSSR count). The number of hydrogen-bond donors (Lipinski definition) is 1. The number of benzene rings is 1. The van der Waals surface area contributed by atoms with Gasteiger partial charge in [-0.25, -0.2) is 9.37 Å². The third kappa shape index (κ3) is 3.01. The molecule has 2 nitrogen and oxygen atoms in total. The molecule has 1 aromatic carbocycles. The lowest BCUT2D eigenvalue weighted by atomic mass is 10.1. The molecule has 0 fully saturated rings. The first-order valence-electron chi connectivity index (χ1n) is 6.43. The van der Waals surface area contributed by atoms with Crippen LogP contribution in [0.4, 0.5) is 4.39 Å². The molecular formula is C15H19FN2S. The molecule has 19 heavy (non-hydrogen) atoms. The highest BCUT2D eigenvalue weighted by molar-refractivity contribution is 7.15. The summed E-state index contributed by atoms with van der Waals surface area (Å²) >= 11 is 1.68. The van der Waals surface area contributed by atoms with Crippen LogP contribution in [0.3, 0.4) is 0 Å². The number of halogens is 1. The highest BCUT2D eigenvalue weighted by atomic mass is 32.1. The van der Waals surface area contributed by atoms with Gasteiger partial charge in [-0.2, -0.15) is 0 Å². The Kier molecular flexibility index (Phi) is 4.32. The summed E-state index contributed by atoms with van der Waals surface area (Å²) < 4.78 is 13.3. The van der Waals surface area contributed by atoms with Gasteiger partial charge >= 0.3 is 0 Å². The van der Waals surface area contributed by atoms with E-state index in [2.05, 4.69) is 19.2 Å². The molecule has 0 saturated heterocycles. The summed E-state index contributed by atoms with van der Waals surface area (Å²) in [6.45, 7) is 6.90. The number of aromatic nitrogens is 1. The van der Waals surface area contributed by atoms with Crippen LogP contribution in [-0.4, -0.2) is 12.0 Å². The van der Waals surface area contributed by atoms with E-state index >= 15 is 0 Å². The molecule has 0 spiro atoms. The van der Waals surface area contributed by atoms with E-state index in [0.717, 1.165) is 22.8 Å². The molecule has 0 atom stereocenters. The lowest BCUT2D eigenvalue weighted by Crippen LogP contribution is -2.06. The first kappa shape index (κ1) is 14.2. The van der Waals surface area contributed by atoms with Gasteiger partial charge in [0.1, 0.15) is 10.8 Å². The third-order valence-corrected chi connectivity index (χ3v) is 4.14. The van der Waals surface area contributed by atoms with Crippen molar-refractivity contribution in [2.24, 2.45) is 0 Å². The molecule has 1 aromatic heterocycles. The summed E-state index contributed by atoms with van der Waals surface area (Å²) in [4.78, 5) is 5.98. The first-order valence-corrected chi connectivity index (χ1v) is 7.25. The van der Waals surface area contributed by atoms with Crippen molar-refractivity contribution < 1.29 is 4.39 Å². The van der Waals surface area contributed by atoms with Crippen molar-refractivity contribution in [3.63, 3.8) is 0 Å². The fourth-order valence-electron chi connectivity index (χ4n) is 2.00. The molecule has 0 unspecified atom stereocenters. The Morgan fingerprint density at radius 1 is 1.37 bits per heavy atom. The average Bonchev–Trinajstić information content (AvgIpc) is 2.77. The van der Waals surface area contributed by atoms with Crippen molar-refractivity contribution in [3.8, 4) is 10.6 Å². The topological polar surface area (TPSA) is 24.9 Å². The second-order valence-electron chi connectivity index (χ2n) is 4.98. The third-order valence-electron chi connectivity index (χ3n) is 3.02. The maximum Gasteiger partial charge on any atom is 0.126 e. The number of thiazole rings is 1. The molecule has 0 bridgehead atoms. The average molecular weight is 278 g/mol. The number of nitrogens with one attached hydrogen (secondary N) is 1. The van der Waals surface area contributed by atoms with Gasteiger partial charge in [-0.1, -0.05) is 13.8 Å². The zero-order chi connectivity index (χ0) is 14.0. The SMILES string of the molecule is CNCc1sc(-c2ccc(F)c(C)c2)nc1C(C)C. The predicted octanol–water partition coefficient (Wildman–Crippen LogP) is 4.10. The van der Waals surface area contributed by atoms with Crippen LogP contribution in [-0.2, 0) is 6.54 Å². The highest BCUT2D eigenvalue weighted by Gasteiger charge is 2.15. The van der Waals surface area contributed by atoms with E-state index < -0.39 is 0 Å². The Hall–Kier alpha value is -1.26. The van der Waals surface area contributed by atoms with Gasteiger partial charge in [-0.3, -0.25) is 0 Å². The van der Waals surface area contributed by atoms with E-state index in [1.165, 1.54) is 10.9 Å². The summed E-state index contributed by atoms with van der Waals surface area (Å²) in [5.74, 6) is 0.231. The van der Waals surface area contributed by atoms with Gasteiger partial charge in [0.2, 0.25) is 0 Å². The standard InChI is InChI=1S/C15H19FN2S/c1-9(2)14-13(8-17-4)19-15(18-14)11-5-6-12(16)10(3)7-11/h5-7,9,17H,8H2,1-4H3. The van der Waals surface area contributed by atoms with Gasteiger partial charge in [-0.15, -0.1) is 11.3 Å².